The van der Waals surface area contributed by atoms with Crippen molar-refractivity contribution in [3.63, 3.8) is 0 Å². The van der Waals surface area contributed by atoms with Crippen LogP contribution in [0.25, 0.3) is 207 Å². The fraction of sp³-hybridized carbons (Fsp3) is 0. The highest BCUT2D eigenvalue weighted by atomic mass is 16.3. The minimum absolute atomic E-state index is 0.401. The Kier molecular flexibility index (Phi) is 4.86. The van der Waals surface area contributed by atoms with Crippen molar-refractivity contribution in [2.24, 2.45) is 0 Å². The summed E-state index contributed by atoms with van der Waals surface area (Å²) >= 11 is 0. The summed E-state index contributed by atoms with van der Waals surface area (Å²) in [6.07, 6.45) is 0. The minimum atomic E-state index is -1.02. The molecule has 2 nitrogen and oxygen atoms in total. The van der Waals surface area contributed by atoms with Gasteiger partial charge in [0.15, 0.2) is 0 Å². The summed E-state index contributed by atoms with van der Waals surface area (Å²) in [6, 6.07) is -47.6. The van der Waals surface area contributed by atoms with Crippen LogP contribution in [-0.4, -0.2) is 0 Å². The molecule has 0 fully saturated rings. The first-order valence-electron chi connectivity index (χ1n) is 55.1. The average Bonchev–Trinajstić information content (AvgIpc) is 0.882. The fourth-order valence-corrected chi connectivity index (χ4v) is 12.2. The molecule has 2 heteroatoms. The van der Waals surface area contributed by atoms with Gasteiger partial charge in [0, 0.05) is 32.3 Å². The maximum atomic E-state index is 10.1. The summed E-state index contributed by atoms with van der Waals surface area (Å²) in [5.74, 6) is 0. The van der Waals surface area contributed by atoms with E-state index < -0.39 is 533 Å². The molecule has 19 aromatic carbocycles. The predicted molar refractivity (Wildman–Crippen MR) is 402 cm³/mol. The lowest BCUT2D eigenvalue weighted by molar-refractivity contribution is 0.672. The molecule has 0 amide bonds. The van der Waals surface area contributed by atoms with Crippen LogP contribution >= 0.6 is 0 Å². The van der Waals surface area contributed by atoms with Crippen molar-refractivity contribution in [1.29, 1.82) is 0 Å². The SMILES string of the molecule is [2H]c1c(-c2c3c([2H])c([2H])c([2H])c([2H])c3c(-c3c([2H])c([2H])c4c(c3[2H])c([2H])c([2H])c3c([2H])c([2H])c([2H])c([2H])c34)c3c([2H])c([2H])c([2H])c([2H])c23)c([2H])c2c(oc3c4c([2H])c([2H])c([2H])c([2H])c4c([2H])c([2H])c32)c1[2H].[2H]c1c(-c2c3c([2H])c([2H])c([2H])c([2H])c3c(-c3c([2H])c4c([2H])c([2H])c5c([2H])c([2H])c([2H])c([2H])c5c4c4c([2H])c([2H])c([2H])c([2H])c34)c3c([2H])c([2H])c([2H])c([2H])c23)c([2H])c2c(oc3c4c([2H])c([2H])c([2H])c([2H])c4c([2H])c([2H])c32)c1[2H]. The van der Waals surface area contributed by atoms with Crippen LogP contribution in [0.3, 0.4) is 0 Å². The molecule has 0 aliphatic rings. The Bertz CT molecular complexity index is 10000. The first kappa shape index (κ1) is 22.2. The number of furan rings is 2. The van der Waals surface area contributed by atoms with Gasteiger partial charge in [0.25, 0.3) is 0 Å². The highest BCUT2D eigenvalue weighted by molar-refractivity contribution is 6.30. The van der Waals surface area contributed by atoms with Crippen LogP contribution in [0.5, 0.6) is 0 Å². The first-order chi connectivity index (χ1) is 69.1. The van der Waals surface area contributed by atoms with E-state index in [1.54, 1.807) is 0 Å². The first-order valence-corrected chi connectivity index (χ1v) is 28.1. The average molecular weight is 1250 g/mol. The van der Waals surface area contributed by atoms with Gasteiger partial charge < -0.3 is 8.83 Å². The maximum absolute atomic E-state index is 10.1. The minimum Gasteiger partial charge on any atom is -0.455 e. The molecule has 2 heterocycles. The largest absolute Gasteiger partial charge is 0.455 e. The second-order valence-corrected chi connectivity index (χ2v) is 21.0. The van der Waals surface area contributed by atoms with Crippen molar-refractivity contribution in [2.45, 2.75) is 0 Å². The van der Waals surface area contributed by atoms with Gasteiger partial charge in [-0.3, -0.25) is 0 Å². The molecule has 434 valence electrons. The number of benzene rings is 19. The van der Waals surface area contributed by atoms with E-state index >= 15 is 0 Å². The van der Waals surface area contributed by atoms with Gasteiger partial charge in [0.1, 0.15) is 22.3 Å². The molecule has 0 radical (unpaired) electrons. The molecule has 2 aromatic heterocycles. The van der Waals surface area contributed by atoms with E-state index in [2.05, 4.69) is 0 Å². The lowest BCUT2D eigenvalue weighted by atomic mass is 9.83. The Labute approximate surface area is 615 Å². The van der Waals surface area contributed by atoms with Crippen molar-refractivity contribution >= 4 is 162 Å². The molecule has 0 unspecified atom stereocenters. The van der Waals surface area contributed by atoms with Crippen molar-refractivity contribution in [2.75, 3.05) is 0 Å². The summed E-state index contributed by atoms with van der Waals surface area (Å²) in [7, 11) is 0. The Hall–Kier alpha value is -12.4. The molecule has 0 saturated carbocycles. The van der Waals surface area contributed by atoms with Gasteiger partial charge in [0.05, 0.1) is 74.0 Å². The molecule has 94 heavy (non-hydrogen) atoms. The van der Waals surface area contributed by atoms with E-state index in [0.717, 1.165) is 0 Å². The number of hydrogen-bond acceptors (Lipinski definition) is 2. The highest BCUT2D eigenvalue weighted by Gasteiger charge is 2.23. The highest BCUT2D eigenvalue weighted by Crippen LogP contribution is 2.50. The molecule has 0 N–H and O–H groups in total. The molecule has 0 spiro atoms. The van der Waals surface area contributed by atoms with Crippen molar-refractivity contribution in [3.05, 3.63) is 326 Å². The number of fused-ring (bicyclic) bond motifs is 22. The zero-order valence-corrected chi connectivity index (χ0v) is 46.8. The van der Waals surface area contributed by atoms with Gasteiger partial charge >= 0.3 is 0 Å². The number of rotatable bonds is 4. The Morgan fingerprint density at radius 3 is 0.968 bits per heavy atom. The smallest absolute Gasteiger partial charge is 0.143 e. The third-order valence-electron chi connectivity index (χ3n) is 16.1. The summed E-state index contributed by atoms with van der Waals surface area (Å²) in [4.78, 5) is 0. The standard InChI is InChI=1S/C48H28O.C44H26O/c1-3-13-33-29(11-1)21-22-31-28-43(35-15-5-6-16-36(35)45(31)33)47-39-19-9-7-17-37(39)46(38-18-8-10-20-40(38)47)32-24-26-44-42(27-32)41-25-23-30-12-2-4-14-34(30)48(41)49-44;1-3-11-32-27(9-1)17-18-29-25-30(20-22-33(29)32)42-35-13-5-7-15-37(35)43(38-16-8-6-14-36(38)42)31-21-24-41-40(26-31)39-23-19-28-10-2-4-12-34(28)44(39)45-41/h1-28H;1-26H/i1D,2D,3D,4D,5D,6D,7D,8D,9D,10D,11D,12D,13D,14D,15D,16D,17D,18D,19D,20D,21D,22D,23D,24D,25D,26D,27D,28D;1D,2D,3D,4D,5D,6D,7D,8D,9D,10D,11D,12D,13D,14D,15D,16D,17D,18D,19D,20D,21D,22D,23D,24D,25D,26D. The van der Waals surface area contributed by atoms with E-state index in [-0.39, 0.29) is 0 Å². The van der Waals surface area contributed by atoms with Crippen molar-refractivity contribution in [1.82, 2.24) is 0 Å². The summed E-state index contributed by atoms with van der Waals surface area (Å²) < 4.78 is 501. The van der Waals surface area contributed by atoms with Gasteiger partial charge in [-0.1, -0.05) is 278 Å². The quantitative estimate of drug-likeness (QED) is 0.130. The van der Waals surface area contributed by atoms with E-state index in [1.165, 1.54) is 0 Å². The van der Waals surface area contributed by atoms with Crippen molar-refractivity contribution in [3.8, 4) is 44.5 Å². The second-order valence-electron chi connectivity index (χ2n) is 21.0. The summed E-state index contributed by atoms with van der Waals surface area (Å²) in [5.41, 5.74) is -8.10. The van der Waals surface area contributed by atoms with Gasteiger partial charge in [-0.15, -0.1) is 0 Å². The molecule has 0 bridgehead atoms. The zero-order valence-electron chi connectivity index (χ0n) is 101. The van der Waals surface area contributed by atoms with Crippen LogP contribution < -0.4 is 0 Å². The molecule has 0 aliphatic heterocycles. The molecule has 0 aliphatic carbocycles. The van der Waals surface area contributed by atoms with E-state index in [4.69, 9.17) is 54.1 Å². The molecule has 0 atom stereocenters. The van der Waals surface area contributed by atoms with E-state index in [0.29, 0.717) is 0 Å². The Balaban J connectivity index is 0.000000180. The van der Waals surface area contributed by atoms with Crippen LogP contribution in [0.1, 0.15) is 74.0 Å². The maximum Gasteiger partial charge on any atom is 0.143 e. The van der Waals surface area contributed by atoms with Gasteiger partial charge in [-0.05, 0) is 201 Å². The van der Waals surface area contributed by atoms with Crippen LogP contribution in [-0.2, 0) is 0 Å². The summed E-state index contributed by atoms with van der Waals surface area (Å²) in [5, 5.41) is -15.2. The molecule has 0 saturated heterocycles. The van der Waals surface area contributed by atoms with Crippen LogP contribution in [0, 0.1) is 0 Å². The monoisotopic (exact) mass is 1240 g/mol. The Morgan fingerprint density at radius 1 is 0.181 bits per heavy atom. The third-order valence-corrected chi connectivity index (χ3v) is 16.1. The number of hydrogen-bond donors (Lipinski definition) is 0. The van der Waals surface area contributed by atoms with Gasteiger partial charge in [-0.25, -0.2) is 0 Å². The molecule has 21 rings (SSSR count). The molecular formula is C92H54O2. The topological polar surface area (TPSA) is 26.3 Å². The van der Waals surface area contributed by atoms with E-state index in [1.807, 2.05) is 0 Å². The molecule has 21 aromatic rings. The summed E-state index contributed by atoms with van der Waals surface area (Å²) in [6.45, 7) is 0. The van der Waals surface area contributed by atoms with E-state index in [9.17, 15) is 28.8 Å². The lowest BCUT2D eigenvalue weighted by Crippen LogP contribution is -1.92. The third kappa shape index (κ3) is 7.90. The predicted octanol–water partition coefficient (Wildman–Crippen LogP) is 26.5. The van der Waals surface area contributed by atoms with Crippen molar-refractivity contribution < 1.29 is 82.9 Å². The van der Waals surface area contributed by atoms with Crippen LogP contribution in [0.2, 0.25) is 0 Å². The normalized spacial score (nSPS) is 20.1. The molecular weight excluding hydrogens is 1140 g/mol. The van der Waals surface area contributed by atoms with Gasteiger partial charge in [0.2, 0.25) is 0 Å². The van der Waals surface area contributed by atoms with Crippen LogP contribution in [0.15, 0.2) is 335 Å². The zero-order chi connectivity index (χ0) is 109. The lowest BCUT2D eigenvalue weighted by Gasteiger charge is -2.20. The Morgan fingerprint density at radius 2 is 0.489 bits per heavy atom. The van der Waals surface area contributed by atoms with Crippen LogP contribution in [0.4, 0.5) is 0 Å². The fourth-order valence-electron chi connectivity index (χ4n) is 12.2. The second kappa shape index (κ2) is 20.6. The van der Waals surface area contributed by atoms with Gasteiger partial charge in [-0.2, -0.15) is 0 Å².